The van der Waals surface area contributed by atoms with Crippen LogP contribution in [0.4, 0.5) is 0 Å². The van der Waals surface area contributed by atoms with Gasteiger partial charge in [0.1, 0.15) is 0 Å². The van der Waals surface area contributed by atoms with Crippen LogP contribution < -0.4 is 9.47 Å². The fraction of sp³-hybridized carbons (Fsp3) is 0.458. The van der Waals surface area contributed by atoms with Crippen molar-refractivity contribution < 1.29 is 14.2 Å². The number of aryl methyl sites for hydroxylation is 1. The first-order valence-electron chi connectivity index (χ1n) is 11.0. The third-order valence-corrected chi connectivity index (χ3v) is 5.65. The SMILES string of the molecule is CCc1nnc(Cc2ccncc2)c2cc(OC)c(OCCCN3CCOCC3)cc12. The van der Waals surface area contributed by atoms with Gasteiger partial charge in [0.05, 0.1) is 38.3 Å². The second-order valence-corrected chi connectivity index (χ2v) is 7.68. The maximum Gasteiger partial charge on any atom is 0.161 e. The second-order valence-electron chi connectivity index (χ2n) is 7.68. The Morgan fingerprint density at radius 2 is 1.71 bits per heavy atom. The third-order valence-electron chi connectivity index (χ3n) is 5.65. The summed E-state index contributed by atoms with van der Waals surface area (Å²) in [5.74, 6) is 1.49. The van der Waals surface area contributed by atoms with Crippen molar-refractivity contribution in [3.05, 3.63) is 53.6 Å². The van der Waals surface area contributed by atoms with Crippen LogP contribution in [-0.2, 0) is 17.6 Å². The Morgan fingerprint density at radius 3 is 2.45 bits per heavy atom. The molecule has 7 heteroatoms. The van der Waals surface area contributed by atoms with Crippen LogP contribution in [0.2, 0.25) is 0 Å². The maximum atomic E-state index is 6.15. The molecular formula is C24H30N4O3. The summed E-state index contributed by atoms with van der Waals surface area (Å²) in [6, 6.07) is 8.11. The molecule has 1 aromatic carbocycles. The van der Waals surface area contributed by atoms with Crippen molar-refractivity contribution in [1.82, 2.24) is 20.1 Å². The number of hydrogen-bond donors (Lipinski definition) is 0. The maximum absolute atomic E-state index is 6.15. The van der Waals surface area contributed by atoms with E-state index in [4.69, 9.17) is 14.2 Å². The molecule has 0 spiro atoms. The predicted molar refractivity (Wildman–Crippen MR) is 120 cm³/mol. The minimum atomic E-state index is 0.642. The number of ether oxygens (including phenoxy) is 3. The molecule has 164 valence electrons. The molecule has 0 bridgehead atoms. The van der Waals surface area contributed by atoms with E-state index in [0.717, 1.165) is 84.9 Å². The van der Waals surface area contributed by atoms with Gasteiger partial charge in [-0.2, -0.15) is 10.2 Å². The molecule has 4 rings (SSSR count). The molecule has 0 amide bonds. The average molecular weight is 423 g/mol. The summed E-state index contributed by atoms with van der Waals surface area (Å²) in [6.45, 7) is 7.39. The molecule has 3 heterocycles. The minimum absolute atomic E-state index is 0.642. The van der Waals surface area contributed by atoms with Crippen LogP contribution in [0.3, 0.4) is 0 Å². The molecule has 0 saturated carbocycles. The van der Waals surface area contributed by atoms with Crippen molar-refractivity contribution in [3.63, 3.8) is 0 Å². The van der Waals surface area contributed by atoms with E-state index in [1.165, 1.54) is 0 Å². The van der Waals surface area contributed by atoms with Gasteiger partial charge in [0, 0.05) is 49.2 Å². The van der Waals surface area contributed by atoms with Gasteiger partial charge in [0.15, 0.2) is 11.5 Å². The molecule has 0 radical (unpaired) electrons. The first-order chi connectivity index (χ1) is 15.3. The normalized spacial score (nSPS) is 14.6. The number of aromatic nitrogens is 3. The molecule has 0 unspecified atom stereocenters. The zero-order chi connectivity index (χ0) is 21.5. The summed E-state index contributed by atoms with van der Waals surface area (Å²) in [5.41, 5.74) is 3.04. The van der Waals surface area contributed by atoms with E-state index in [9.17, 15) is 0 Å². The monoisotopic (exact) mass is 422 g/mol. The molecule has 31 heavy (non-hydrogen) atoms. The summed E-state index contributed by atoms with van der Waals surface area (Å²) >= 11 is 0. The molecule has 1 saturated heterocycles. The Bertz CT molecular complexity index is 991. The molecule has 2 aromatic heterocycles. The summed E-state index contributed by atoms with van der Waals surface area (Å²) in [4.78, 5) is 6.52. The summed E-state index contributed by atoms with van der Waals surface area (Å²) in [6.07, 6.45) is 6.06. The quantitative estimate of drug-likeness (QED) is 0.490. The van der Waals surface area contributed by atoms with Crippen molar-refractivity contribution >= 4 is 10.8 Å². The van der Waals surface area contributed by atoms with Crippen molar-refractivity contribution in [1.29, 1.82) is 0 Å². The van der Waals surface area contributed by atoms with Gasteiger partial charge in [-0.15, -0.1) is 0 Å². The zero-order valence-electron chi connectivity index (χ0n) is 18.3. The lowest BCUT2D eigenvalue weighted by Gasteiger charge is -2.26. The number of hydrogen-bond acceptors (Lipinski definition) is 7. The van der Waals surface area contributed by atoms with Gasteiger partial charge < -0.3 is 14.2 Å². The minimum Gasteiger partial charge on any atom is -0.493 e. The van der Waals surface area contributed by atoms with Gasteiger partial charge in [0.25, 0.3) is 0 Å². The third kappa shape index (κ3) is 5.29. The number of pyridine rings is 1. The van der Waals surface area contributed by atoms with E-state index < -0.39 is 0 Å². The van der Waals surface area contributed by atoms with E-state index >= 15 is 0 Å². The predicted octanol–water partition coefficient (Wildman–Crippen LogP) is 3.29. The molecule has 3 aromatic rings. The van der Waals surface area contributed by atoms with Crippen molar-refractivity contribution in [2.75, 3.05) is 46.6 Å². The van der Waals surface area contributed by atoms with E-state index in [1.807, 2.05) is 18.2 Å². The number of benzene rings is 1. The van der Waals surface area contributed by atoms with Crippen molar-refractivity contribution in [2.45, 2.75) is 26.2 Å². The van der Waals surface area contributed by atoms with Crippen molar-refractivity contribution in [2.24, 2.45) is 0 Å². The lowest BCUT2D eigenvalue weighted by molar-refractivity contribution is 0.0357. The van der Waals surface area contributed by atoms with Gasteiger partial charge in [-0.25, -0.2) is 0 Å². The molecule has 1 fully saturated rings. The van der Waals surface area contributed by atoms with Gasteiger partial charge in [-0.3, -0.25) is 9.88 Å². The topological polar surface area (TPSA) is 69.6 Å². The zero-order valence-corrected chi connectivity index (χ0v) is 18.3. The van der Waals surface area contributed by atoms with Gasteiger partial charge >= 0.3 is 0 Å². The van der Waals surface area contributed by atoms with Gasteiger partial charge in [-0.05, 0) is 42.7 Å². The van der Waals surface area contributed by atoms with Crippen LogP contribution in [-0.4, -0.2) is 66.6 Å². The highest BCUT2D eigenvalue weighted by atomic mass is 16.5. The summed E-state index contributed by atoms with van der Waals surface area (Å²) < 4.78 is 17.2. The number of methoxy groups -OCH3 is 1. The Kier molecular flexibility index (Phi) is 7.27. The number of fused-ring (bicyclic) bond motifs is 1. The van der Waals surface area contributed by atoms with Crippen LogP contribution in [0.25, 0.3) is 10.8 Å². The fourth-order valence-electron chi connectivity index (χ4n) is 3.92. The van der Waals surface area contributed by atoms with E-state index in [1.54, 1.807) is 19.5 Å². The first kappa shape index (κ1) is 21.5. The van der Waals surface area contributed by atoms with Crippen LogP contribution >= 0.6 is 0 Å². The lowest BCUT2D eigenvalue weighted by atomic mass is 10.0. The van der Waals surface area contributed by atoms with Crippen LogP contribution in [0.1, 0.15) is 30.3 Å². The highest BCUT2D eigenvalue weighted by molar-refractivity contribution is 5.89. The molecule has 1 aliphatic rings. The Hall–Kier alpha value is -2.77. The second kappa shape index (κ2) is 10.5. The lowest BCUT2D eigenvalue weighted by Crippen LogP contribution is -2.37. The van der Waals surface area contributed by atoms with Crippen LogP contribution in [0.5, 0.6) is 11.5 Å². The van der Waals surface area contributed by atoms with E-state index in [0.29, 0.717) is 13.0 Å². The van der Waals surface area contributed by atoms with Gasteiger partial charge in [0.2, 0.25) is 0 Å². The molecular weight excluding hydrogens is 392 g/mol. The number of rotatable bonds is 9. The average Bonchev–Trinajstić information content (AvgIpc) is 2.83. The fourth-order valence-corrected chi connectivity index (χ4v) is 3.92. The van der Waals surface area contributed by atoms with Crippen LogP contribution in [0, 0.1) is 0 Å². The van der Waals surface area contributed by atoms with Crippen molar-refractivity contribution in [3.8, 4) is 11.5 Å². The Labute approximate surface area is 183 Å². The first-order valence-corrected chi connectivity index (χ1v) is 11.0. The Balaban J connectivity index is 1.54. The molecule has 7 nitrogen and oxygen atoms in total. The highest BCUT2D eigenvalue weighted by Crippen LogP contribution is 2.35. The number of morpholine rings is 1. The smallest absolute Gasteiger partial charge is 0.161 e. The van der Waals surface area contributed by atoms with Crippen LogP contribution in [0.15, 0.2) is 36.7 Å². The molecule has 0 N–H and O–H groups in total. The molecule has 1 aliphatic heterocycles. The standard InChI is InChI=1S/C24H30N4O3/c1-3-21-19-17-24(31-12-4-9-28-10-13-30-14-11-28)23(29-2)16-20(19)22(27-26-21)15-18-5-7-25-8-6-18/h5-8,16-17H,3-4,9-15H2,1-2H3. The highest BCUT2D eigenvalue weighted by Gasteiger charge is 2.15. The molecule has 0 aliphatic carbocycles. The van der Waals surface area contributed by atoms with E-state index in [-0.39, 0.29) is 0 Å². The number of nitrogens with zero attached hydrogens (tertiary/aromatic N) is 4. The Morgan fingerprint density at radius 1 is 1.00 bits per heavy atom. The largest absolute Gasteiger partial charge is 0.493 e. The summed E-state index contributed by atoms with van der Waals surface area (Å²) in [5, 5.41) is 11.1. The van der Waals surface area contributed by atoms with E-state index in [2.05, 4.69) is 33.1 Å². The summed E-state index contributed by atoms with van der Waals surface area (Å²) in [7, 11) is 1.68. The molecule has 0 atom stereocenters. The van der Waals surface area contributed by atoms with Gasteiger partial charge in [-0.1, -0.05) is 6.92 Å².